The van der Waals surface area contributed by atoms with Crippen molar-refractivity contribution in [1.29, 1.82) is 0 Å². The number of thiocarbonyl (C=S) groups is 1. The van der Waals surface area contributed by atoms with E-state index in [1.54, 1.807) is 18.3 Å². The lowest BCUT2D eigenvalue weighted by Crippen LogP contribution is -2.10. The Balaban J connectivity index is 2.34. The minimum absolute atomic E-state index is 0.214. The van der Waals surface area contributed by atoms with Crippen molar-refractivity contribution in [2.45, 2.75) is 19.8 Å². The van der Waals surface area contributed by atoms with Gasteiger partial charge in [0.05, 0.1) is 10.8 Å². The molecule has 0 amide bonds. The first-order valence-corrected chi connectivity index (χ1v) is 6.96. The molecule has 3 nitrogen and oxygen atoms in total. The van der Waals surface area contributed by atoms with Crippen LogP contribution in [0.15, 0.2) is 18.3 Å². The average molecular weight is 289 g/mol. The number of Topliss-reactive ketones (excluding diaryl/α,β-unsaturated/α-hetero) is 1. The number of nitrogens with one attached hydrogen (secondary N) is 1. The number of pyridine rings is 1. The summed E-state index contributed by atoms with van der Waals surface area (Å²) < 4.78 is 0.546. The minimum Gasteiger partial charge on any atom is -0.326 e. The monoisotopic (exact) mass is 288 g/mol. The number of aromatic nitrogens is 1. The lowest BCUT2D eigenvalue weighted by molar-refractivity contribution is -0.116. The molecule has 0 atom stereocenters. The summed E-state index contributed by atoms with van der Waals surface area (Å²) in [5.41, 5.74) is 0. The molecule has 0 fully saturated rings. The maximum Gasteiger partial charge on any atom is 0.143 e. The topological polar surface area (TPSA) is 42.0 Å². The highest BCUT2D eigenvalue weighted by Crippen LogP contribution is 2.13. The summed E-state index contributed by atoms with van der Waals surface area (Å²) in [6, 6.07) is 3.47. The average Bonchev–Trinajstić information content (AvgIpc) is 2.30. The Hall–Kier alpha value is -0.650. The third kappa shape index (κ3) is 6.00. The van der Waals surface area contributed by atoms with E-state index in [0.717, 1.165) is 6.42 Å². The van der Waals surface area contributed by atoms with Crippen LogP contribution in [0.4, 0.5) is 5.82 Å². The van der Waals surface area contributed by atoms with Gasteiger partial charge >= 0.3 is 0 Å². The van der Waals surface area contributed by atoms with E-state index >= 15 is 0 Å². The zero-order chi connectivity index (χ0) is 12.7. The summed E-state index contributed by atoms with van der Waals surface area (Å²) >= 11 is 12.1. The molecule has 0 aliphatic heterocycles. The number of anilines is 1. The molecule has 1 heterocycles. The van der Waals surface area contributed by atoms with Crippen LogP contribution >= 0.6 is 35.6 Å². The summed E-state index contributed by atoms with van der Waals surface area (Å²) in [6.45, 7) is 1.98. The molecule has 1 aromatic heterocycles. The van der Waals surface area contributed by atoms with Gasteiger partial charge in [-0.05, 0) is 18.6 Å². The van der Waals surface area contributed by atoms with Crippen LogP contribution in [-0.4, -0.2) is 20.8 Å². The third-order valence-electron chi connectivity index (χ3n) is 1.85. The molecule has 0 spiro atoms. The molecule has 1 aromatic rings. The number of nitrogens with zero attached hydrogens (tertiary/aromatic N) is 1. The van der Waals surface area contributed by atoms with Gasteiger partial charge in [0.2, 0.25) is 0 Å². The summed E-state index contributed by atoms with van der Waals surface area (Å²) in [5.74, 6) is 1.26. The van der Waals surface area contributed by atoms with Gasteiger partial charge in [0, 0.05) is 12.6 Å². The number of rotatable bonds is 5. The summed E-state index contributed by atoms with van der Waals surface area (Å²) in [7, 11) is 0. The fourth-order valence-corrected chi connectivity index (χ4v) is 2.09. The number of carbonyl (C=O) groups excluding carboxylic acids is 1. The van der Waals surface area contributed by atoms with Crippen molar-refractivity contribution in [2.75, 3.05) is 11.1 Å². The van der Waals surface area contributed by atoms with Crippen LogP contribution in [0.5, 0.6) is 0 Å². The van der Waals surface area contributed by atoms with Gasteiger partial charge in [-0.3, -0.25) is 4.79 Å². The maximum atomic E-state index is 11.3. The van der Waals surface area contributed by atoms with Crippen molar-refractivity contribution >= 4 is 51.5 Å². The molecule has 1 N–H and O–H groups in total. The standard InChI is InChI=1S/C11H13ClN2OS2/c1-2-3-9(15)7-17-11(16)14-10-5-4-8(12)6-13-10/h4-6H,2-3,7H2,1H3,(H,13,14,16). The number of ketones is 1. The van der Waals surface area contributed by atoms with E-state index in [-0.39, 0.29) is 5.78 Å². The van der Waals surface area contributed by atoms with Gasteiger partial charge in [-0.2, -0.15) is 0 Å². The smallest absolute Gasteiger partial charge is 0.143 e. The first-order chi connectivity index (χ1) is 8.11. The molecule has 0 saturated carbocycles. The first-order valence-electron chi connectivity index (χ1n) is 5.19. The normalized spacial score (nSPS) is 10.0. The Morgan fingerprint density at radius 1 is 1.59 bits per heavy atom. The fourth-order valence-electron chi connectivity index (χ4n) is 1.09. The van der Waals surface area contributed by atoms with Gasteiger partial charge in [-0.25, -0.2) is 4.98 Å². The lowest BCUT2D eigenvalue weighted by Gasteiger charge is -2.05. The number of halogens is 1. The van der Waals surface area contributed by atoms with Crippen molar-refractivity contribution in [3.8, 4) is 0 Å². The van der Waals surface area contributed by atoms with E-state index < -0.39 is 0 Å². The second-order valence-corrected chi connectivity index (χ2v) is 5.44. The second kappa shape index (κ2) is 7.63. The number of hydrogen-bond donors (Lipinski definition) is 1. The van der Waals surface area contributed by atoms with E-state index in [9.17, 15) is 4.79 Å². The van der Waals surface area contributed by atoms with E-state index in [1.807, 2.05) is 6.92 Å². The number of carbonyl (C=O) groups is 1. The fraction of sp³-hybridized carbons (Fsp3) is 0.364. The van der Waals surface area contributed by atoms with Crippen LogP contribution in [0, 0.1) is 0 Å². The number of thioether (sulfide) groups is 1. The molecule has 6 heteroatoms. The van der Waals surface area contributed by atoms with Gasteiger partial charge in [-0.1, -0.05) is 42.5 Å². The molecular formula is C11H13ClN2OS2. The predicted octanol–water partition coefficient (Wildman–Crippen LogP) is 3.53. The highest BCUT2D eigenvalue weighted by Gasteiger charge is 2.04. The Morgan fingerprint density at radius 3 is 2.94 bits per heavy atom. The van der Waals surface area contributed by atoms with Crippen molar-refractivity contribution in [2.24, 2.45) is 0 Å². The molecule has 0 radical (unpaired) electrons. The first kappa shape index (κ1) is 14.4. The van der Waals surface area contributed by atoms with Crippen molar-refractivity contribution in [1.82, 2.24) is 4.98 Å². The summed E-state index contributed by atoms with van der Waals surface area (Å²) in [6.07, 6.45) is 3.02. The summed E-state index contributed by atoms with van der Waals surface area (Å²) in [4.78, 5) is 15.4. The van der Waals surface area contributed by atoms with Crippen molar-refractivity contribution in [3.05, 3.63) is 23.4 Å². The van der Waals surface area contributed by atoms with E-state index in [4.69, 9.17) is 23.8 Å². The Kier molecular flexibility index (Phi) is 6.47. The van der Waals surface area contributed by atoms with Crippen molar-refractivity contribution in [3.63, 3.8) is 0 Å². The van der Waals surface area contributed by atoms with Crippen LogP contribution in [0.25, 0.3) is 0 Å². The van der Waals surface area contributed by atoms with Gasteiger partial charge in [0.25, 0.3) is 0 Å². The van der Waals surface area contributed by atoms with Gasteiger partial charge in [0.15, 0.2) is 0 Å². The zero-order valence-corrected chi connectivity index (χ0v) is 11.8. The zero-order valence-electron chi connectivity index (χ0n) is 9.40. The Bertz CT molecular complexity index is 395. The number of hydrogen-bond acceptors (Lipinski definition) is 4. The maximum absolute atomic E-state index is 11.3. The van der Waals surface area contributed by atoms with Crippen LogP contribution in [-0.2, 0) is 4.79 Å². The van der Waals surface area contributed by atoms with Crippen LogP contribution in [0.2, 0.25) is 5.02 Å². The minimum atomic E-state index is 0.214. The molecule has 1 rings (SSSR count). The van der Waals surface area contributed by atoms with Crippen LogP contribution in [0.3, 0.4) is 0 Å². The predicted molar refractivity (Wildman–Crippen MR) is 77.8 cm³/mol. The SMILES string of the molecule is CCCC(=O)CSC(=S)Nc1ccc(Cl)cn1. The largest absolute Gasteiger partial charge is 0.326 e. The third-order valence-corrected chi connectivity index (χ3v) is 3.36. The quantitative estimate of drug-likeness (QED) is 0.840. The van der Waals surface area contributed by atoms with E-state index in [0.29, 0.717) is 27.3 Å². The molecule has 92 valence electrons. The Labute approximate surface area is 115 Å². The molecule has 0 aliphatic rings. The Morgan fingerprint density at radius 2 is 2.35 bits per heavy atom. The second-order valence-electron chi connectivity index (χ2n) is 3.35. The van der Waals surface area contributed by atoms with E-state index in [2.05, 4.69) is 10.3 Å². The molecule has 0 saturated heterocycles. The molecular weight excluding hydrogens is 276 g/mol. The highest BCUT2D eigenvalue weighted by atomic mass is 35.5. The van der Waals surface area contributed by atoms with Crippen LogP contribution < -0.4 is 5.32 Å². The van der Waals surface area contributed by atoms with E-state index in [1.165, 1.54) is 11.8 Å². The summed E-state index contributed by atoms with van der Waals surface area (Å²) in [5, 5.41) is 3.52. The molecule has 0 unspecified atom stereocenters. The molecule has 0 bridgehead atoms. The van der Waals surface area contributed by atoms with Gasteiger partial charge < -0.3 is 5.32 Å². The highest BCUT2D eigenvalue weighted by molar-refractivity contribution is 8.23. The van der Waals surface area contributed by atoms with Crippen LogP contribution in [0.1, 0.15) is 19.8 Å². The van der Waals surface area contributed by atoms with Gasteiger partial charge in [-0.15, -0.1) is 0 Å². The molecule has 0 aliphatic carbocycles. The van der Waals surface area contributed by atoms with Gasteiger partial charge in [0.1, 0.15) is 15.9 Å². The molecule has 17 heavy (non-hydrogen) atoms. The lowest BCUT2D eigenvalue weighted by atomic mass is 10.3. The molecule has 0 aromatic carbocycles. The van der Waals surface area contributed by atoms with Crippen molar-refractivity contribution < 1.29 is 4.79 Å².